The van der Waals surface area contributed by atoms with E-state index < -0.39 is 11.2 Å². The van der Waals surface area contributed by atoms with Crippen molar-refractivity contribution in [2.24, 2.45) is 5.41 Å². The van der Waals surface area contributed by atoms with E-state index in [0.29, 0.717) is 16.8 Å². The molecule has 3 N–H and O–H groups in total. The van der Waals surface area contributed by atoms with Crippen LogP contribution in [0.1, 0.15) is 38.1 Å². The van der Waals surface area contributed by atoms with Crippen molar-refractivity contribution in [3.63, 3.8) is 0 Å². The van der Waals surface area contributed by atoms with E-state index in [2.05, 4.69) is 46.0 Å². The molecule has 1 amide bonds. The van der Waals surface area contributed by atoms with Crippen molar-refractivity contribution in [1.82, 2.24) is 19.9 Å². The lowest BCUT2D eigenvalue weighted by atomic mass is 9.91. The second-order valence-corrected chi connectivity index (χ2v) is 9.88. The van der Waals surface area contributed by atoms with Gasteiger partial charge < -0.3 is 14.7 Å². The van der Waals surface area contributed by atoms with Gasteiger partial charge in [0.15, 0.2) is 5.13 Å². The quantitative estimate of drug-likeness (QED) is 0.486. The zero-order valence-corrected chi connectivity index (χ0v) is 17.8. The number of rotatable bonds is 7. The number of carbonyl (C=O) groups excluding carboxylic acids is 1. The van der Waals surface area contributed by atoms with Gasteiger partial charge in [0.05, 0.1) is 28.8 Å². The van der Waals surface area contributed by atoms with E-state index in [1.54, 1.807) is 12.4 Å². The molecule has 0 unspecified atom stereocenters. The van der Waals surface area contributed by atoms with Crippen molar-refractivity contribution in [1.29, 1.82) is 0 Å². The number of amides is 1. The summed E-state index contributed by atoms with van der Waals surface area (Å²) in [6.07, 6.45) is 4.12. The highest BCUT2D eigenvalue weighted by Gasteiger charge is 2.15. The highest BCUT2D eigenvalue weighted by atomic mass is 32.2. The Balaban J connectivity index is 1.52. The molecule has 154 valence electrons. The van der Waals surface area contributed by atoms with Crippen molar-refractivity contribution in [2.75, 3.05) is 5.32 Å². The van der Waals surface area contributed by atoms with E-state index in [4.69, 9.17) is 4.42 Å². The maximum Gasteiger partial charge on any atom is 0.325 e. The van der Waals surface area contributed by atoms with Crippen LogP contribution < -0.4 is 16.6 Å². The molecule has 0 fully saturated rings. The van der Waals surface area contributed by atoms with E-state index in [1.165, 1.54) is 29.2 Å². The van der Waals surface area contributed by atoms with Gasteiger partial charge in [0.25, 0.3) is 5.56 Å². The Kier molecular flexibility index (Phi) is 6.38. The average molecular weight is 436 g/mol. The van der Waals surface area contributed by atoms with E-state index in [1.807, 2.05) is 0 Å². The summed E-state index contributed by atoms with van der Waals surface area (Å²) >= 11 is 2.84. The Labute approximate surface area is 174 Å². The molecular weight excluding hydrogens is 414 g/mol. The van der Waals surface area contributed by atoms with E-state index in [-0.39, 0.29) is 23.4 Å². The lowest BCUT2D eigenvalue weighted by Crippen LogP contribution is -2.25. The van der Waals surface area contributed by atoms with Gasteiger partial charge in [-0.1, -0.05) is 32.1 Å². The lowest BCUT2D eigenvalue weighted by Gasteiger charge is -2.15. The minimum Gasteiger partial charge on any atom is -0.445 e. The molecule has 0 saturated carbocycles. The van der Waals surface area contributed by atoms with Crippen LogP contribution >= 0.6 is 23.1 Å². The average Bonchev–Trinajstić information content (AvgIpc) is 3.19. The molecule has 0 spiro atoms. The first-order chi connectivity index (χ1) is 13.7. The number of nitrogens with zero attached hydrogens (tertiary/aromatic N) is 2. The van der Waals surface area contributed by atoms with Gasteiger partial charge in [0, 0.05) is 18.2 Å². The van der Waals surface area contributed by atoms with Crippen molar-refractivity contribution in [3.8, 4) is 0 Å². The highest BCUT2D eigenvalue weighted by molar-refractivity contribution is 8.00. The molecule has 0 atom stereocenters. The van der Waals surface area contributed by atoms with Gasteiger partial charge in [0.1, 0.15) is 5.76 Å². The number of thioether (sulfide) groups is 1. The second kappa shape index (κ2) is 8.78. The number of aromatic amines is 2. The van der Waals surface area contributed by atoms with Crippen molar-refractivity contribution in [2.45, 2.75) is 43.6 Å². The standard InChI is InChI=1S/C18H21N5O4S2/c1-18(2,3)6-11-7-19-14(27-11)9-28-15-8-20-17(29-15)23-13(25)5-10-4-12(24)22-16(26)21-10/h4,7-8H,5-6,9H2,1-3H3,(H,20,23,25)(H2,21,22,24,26). The smallest absolute Gasteiger partial charge is 0.325 e. The molecule has 9 nitrogen and oxygen atoms in total. The minimum atomic E-state index is -0.648. The predicted molar refractivity (Wildman–Crippen MR) is 111 cm³/mol. The second-order valence-electron chi connectivity index (χ2n) is 7.57. The number of hydrogen-bond acceptors (Lipinski definition) is 8. The molecule has 3 aromatic rings. The van der Waals surface area contributed by atoms with Crippen LogP contribution in [0.15, 0.2) is 36.7 Å². The Hall–Kier alpha value is -2.66. The maximum absolute atomic E-state index is 12.1. The molecule has 0 aliphatic heterocycles. The molecule has 0 saturated heterocycles. The normalized spacial score (nSPS) is 11.6. The van der Waals surface area contributed by atoms with Crippen LogP contribution in [0.3, 0.4) is 0 Å². The molecule has 0 aliphatic rings. The summed E-state index contributed by atoms with van der Waals surface area (Å²) in [5.74, 6) is 1.69. The number of oxazole rings is 1. The number of aromatic nitrogens is 4. The monoisotopic (exact) mass is 435 g/mol. The summed E-state index contributed by atoms with van der Waals surface area (Å²) in [6, 6.07) is 1.17. The zero-order chi connectivity index (χ0) is 21.0. The number of carbonyl (C=O) groups is 1. The topological polar surface area (TPSA) is 134 Å². The first-order valence-electron chi connectivity index (χ1n) is 8.81. The fourth-order valence-electron chi connectivity index (χ4n) is 2.49. The molecule has 3 aromatic heterocycles. The third-order valence-electron chi connectivity index (χ3n) is 3.54. The largest absolute Gasteiger partial charge is 0.445 e. The van der Waals surface area contributed by atoms with E-state index >= 15 is 0 Å². The fraction of sp³-hybridized carbons (Fsp3) is 0.389. The third kappa shape index (κ3) is 6.71. The van der Waals surface area contributed by atoms with Crippen LogP contribution in [0.25, 0.3) is 0 Å². The zero-order valence-electron chi connectivity index (χ0n) is 16.2. The Morgan fingerprint density at radius 1 is 1.24 bits per heavy atom. The fourth-order valence-corrected chi connectivity index (χ4v) is 4.23. The summed E-state index contributed by atoms with van der Waals surface area (Å²) in [6.45, 7) is 6.43. The Morgan fingerprint density at radius 2 is 2.03 bits per heavy atom. The van der Waals surface area contributed by atoms with Crippen LogP contribution in [0.4, 0.5) is 5.13 Å². The summed E-state index contributed by atoms with van der Waals surface area (Å²) in [5, 5.41) is 3.10. The van der Waals surface area contributed by atoms with Crippen LogP contribution in [-0.4, -0.2) is 25.8 Å². The molecule has 0 aromatic carbocycles. The van der Waals surface area contributed by atoms with Crippen LogP contribution in [0.2, 0.25) is 0 Å². The molecular formula is C18H21N5O4S2. The van der Waals surface area contributed by atoms with Crippen molar-refractivity contribution >= 4 is 34.1 Å². The maximum atomic E-state index is 12.1. The van der Waals surface area contributed by atoms with Crippen molar-refractivity contribution in [3.05, 3.63) is 56.6 Å². The summed E-state index contributed by atoms with van der Waals surface area (Å²) in [5.41, 5.74) is -0.834. The van der Waals surface area contributed by atoms with Crippen LogP contribution in [0, 0.1) is 5.41 Å². The summed E-state index contributed by atoms with van der Waals surface area (Å²) in [7, 11) is 0. The van der Waals surface area contributed by atoms with Gasteiger partial charge in [-0.2, -0.15) is 0 Å². The van der Waals surface area contributed by atoms with Crippen LogP contribution in [0.5, 0.6) is 0 Å². The number of hydrogen-bond donors (Lipinski definition) is 3. The Bertz CT molecular complexity index is 1080. The molecule has 29 heavy (non-hydrogen) atoms. The van der Waals surface area contributed by atoms with E-state index in [9.17, 15) is 14.4 Å². The van der Waals surface area contributed by atoms with Gasteiger partial charge in [-0.3, -0.25) is 14.6 Å². The molecule has 0 radical (unpaired) electrons. The van der Waals surface area contributed by atoms with Crippen LogP contribution in [-0.2, 0) is 23.4 Å². The third-order valence-corrected chi connectivity index (χ3v) is 5.63. The van der Waals surface area contributed by atoms with Gasteiger partial charge >= 0.3 is 5.69 Å². The van der Waals surface area contributed by atoms with Gasteiger partial charge in [0.2, 0.25) is 11.8 Å². The SMILES string of the molecule is CC(C)(C)Cc1cnc(CSc2cnc(NC(=O)Cc3cc(=O)[nH]c(=O)[nH]3)s2)o1. The van der Waals surface area contributed by atoms with Gasteiger partial charge in [-0.05, 0) is 5.41 Å². The number of thiazole rings is 1. The molecule has 11 heteroatoms. The molecule has 3 heterocycles. The number of anilines is 1. The summed E-state index contributed by atoms with van der Waals surface area (Å²) < 4.78 is 6.67. The summed E-state index contributed by atoms with van der Waals surface area (Å²) in [4.78, 5) is 47.6. The van der Waals surface area contributed by atoms with Gasteiger partial charge in [-0.25, -0.2) is 14.8 Å². The molecule has 3 rings (SSSR count). The first-order valence-corrected chi connectivity index (χ1v) is 10.6. The van der Waals surface area contributed by atoms with E-state index in [0.717, 1.165) is 16.4 Å². The number of nitrogens with one attached hydrogen (secondary N) is 3. The minimum absolute atomic E-state index is 0.131. The molecule has 0 bridgehead atoms. The lowest BCUT2D eigenvalue weighted by molar-refractivity contribution is -0.115. The predicted octanol–water partition coefficient (Wildman–Crippen LogP) is 2.57. The first kappa shape index (κ1) is 21.1. The van der Waals surface area contributed by atoms with Crippen molar-refractivity contribution < 1.29 is 9.21 Å². The Morgan fingerprint density at radius 3 is 2.76 bits per heavy atom. The number of H-pyrrole nitrogens is 2. The molecule has 0 aliphatic carbocycles. The highest BCUT2D eigenvalue weighted by Crippen LogP contribution is 2.31. The van der Waals surface area contributed by atoms with Gasteiger partial charge in [-0.15, -0.1) is 11.8 Å².